The minimum Gasteiger partial charge on any atom is -0.311 e. The van der Waals surface area contributed by atoms with Crippen LogP contribution in [-0.2, 0) is 0 Å². The van der Waals surface area contributed by atoms with Gasteiger partial charge in [0.25, 0.3) is 0 Å². The summed E-state index contributed by atoms with van der Waals surface area (Å²) in [4.78, 5) is 2.24. The molecule has 5 aromatic rings. The van der Waals surface area contributed by atoms with Crippen molar-refractivity contribution in [3.05, 3.63) is 99.9 Å². The lowest BCUT2D eigenvalue weighted by atomic mass is 10.0. The Morgan fingerprint density at radius 1 is 0.600 bits per heavy atom. The molecule has 0 aliphatic carbocycles. The summed E-state index contributed by atoms with van der Waals surface area (Å²) < 4.78 is 10.9. The number of hydrogen-bond donors (Lipinski definition) is 0. The van der Waals surface area contributed by atoms with E-state index in [1.807, 2.05) is 12.1 Å². The second-order valence-electron chi connectivity index (χ2n) is 6.77. The van der Waals surface area contributed by atoms with Gasteiger partial charge < -0.3 is 4.90 Å². The lowest BCUT2D eigenvalue weighted by molar-refractivity contribution is 1.28. The zero-order valence-electron chi connectivity index (χ0n) is 15.7. The fraction of sp³-hybridized carbons (Fsp3) is 0. The Morgan fingerprint density at radius 2 is 1.13 bits per heavy atom. The van der Waals surface area contributed by atoms with Crippen LogP contribution in [-0.4, -0.2) is 8.75 Å². The van der Waals surface area contributed by atoms with Crippen LogP contribution in [0.2, 0.25) is 0 Å². The second-order valence-corrected chi connectivity index (χ2v) is 9.13. The summed E-state index contributed by atoms with van der Waals surface area (Å²) in [5.74, 6) is 0. The molecule has 5 rings (SSSR count). The van der Waals surface area contributed by atoms with Crippen LogP contribution in [0.5, 0.6) is 0 Å². The quantitative estimate of drug-likeness (QED) is 0.231. The van der Waals surface area contributed by atoms with E-state index in [1.165, 1.54) is 11.7 Å². The summed E-state index contributed by atoms with van der Waals surface area (Å²) >= 11 is 8.32. The summed E-state index contributed by atoms with van der Waals surface area (Å²) in [6, 6.07) is 31.4. The number of hydrogen-bond acceptors (Lipinski definition) is 4. The molecule has 30 heavy (non-hydrogen) atoms. The van der Waals surface area contributed by atoms with Crippen LogP contribution in [0, 0.1) is 0 Å². The van der Waals surface area contributed by atoms with Crippen molar-refractivity contribution in [1.82, 2.24) is 8.75 Å². The van der Waals surface area contributed by atoms with Crippen molar-refractivity contribution in [3.8, 4) is 11.1 Å². The first-order valence-corrected chi connectivity index (χ1v) is 11.6. The summed E-state index contributed by atoms with van der Waals surface area (Å²) in [5, 5.41) is 0. The Hall–Kier alpha value is -2.54. The average molecular weight is 537 g/mol. The highest BCUT2D eigenvalue weighted by Crippen LogP contribution is 2.37. The SMILES string of the molecule is Brc1ccc(N(c2ccc(Br)cc2)c2ccc(-c3cccc4nsnc34)cc2)cc1. The molecule has 3 nitrogen and oxygen atoms in total. The van der Waals surface area contributed by atoms with Crippen molar-refractivity contribution in [3.63, 3.8) is 0 Å². The molecule has 146 valence electrons. The van der Waals surface area contributed by atoms with Gasteiger partial charge in [0.05, 0.1) is 11.7 Å². The number of benzene rings is 4. The van der Waals surface area contributed by atoms with Crippen LogP contribution in [0.1, 0.15) is 0 Å². The molecule has 0 saturated carbocycles. The Morgan fingerprint density at radius 3 is 1.70 bits per heavy atom. The molecule has 0 fully saturated rings. The second kappa shape index (κ2) is 8.30. The van der Waals surface area contributed by atoms with Gasteiger partial charge in [-0.1, -0.05) is 56.1 Å². The molecule has 0 atom stereocenters. The van der Waals surface area contributed by atoms with E-state index >= 15 is 0 Å². The minimum atomic E-state index is 0.938. The number of nitrogens with zero attached hydrogens (tertiary/aromatic N) is 3. The van der Waals surface area contributed by atoms with Gasteiger partial charge in [0, 0.05) is 31.6 Å². The average Bonchev–Trinajstić information content (AvgIpc) is 3.26. The predicted octanol–water partition coefficient (Wildman–Crippen LogP) is 8.35. The predicted molar refractivity (Wildman–Crippen MR) is 133 cm³/mol. The van der Waals surface area contributed by atoms with Crippen LogP contribution in [0.15, 0.2) is 99.9 Å². The van der Waals surface area contributed by atoms with Gasteiger partial charge in [-0.25, -0.2) is 0 Å². The summed E-state index contributed by atoms with van der Waals surface area (Å²) in [7, 11) is 0. The number of fused-ring (bicyclic) bond motifs is 1. The van der Waals surface area contributed by atoms with E-state index in [0.717, 1.165) is 48.2 Å². The molecule has 6 heteroatoms. The van der Waals surface area contributed by atoms with E-state index in [2.05, 4.69) is 124 Å². The van der Waals surface area contributed by atoms with Crippen LogP contribution in [0.25, 0.3) is 22.2 Å². The maximum atomic E-state index is 4.48. The van der Waals surface area contributed by atoms with Crippen LogP contribution in [0.4, 0.5) is 17.1 Å². The van der Waals surface area contributed by atoms with Crippen LogP contribution >= 0.6 is 43.6 Å². The van der Waals surface area contributed by atoms with E-state index in [1.54, 1.807) is 0 Å². The summed E-state index contributed by atoms with van der Waals surface area (Å²) in [5.41, 5.74) is 7.40. The summed E-state index contributed by atoms with van der Waals surface area (Å²) in [6.07, 6.45) is 0. The van der Waals surface area contributed by atoms with Gasteiger partial charge in [-0.3, -0.25) is 0 Å². The first-order valence-electron chi connectivity index (χ1n) is 9.32. The van der Waals surface area contributed by atoms with E-state index < -0.39 is 0 Å². The van der Waals surface area contributed by atoms with Gasteiger partial charge >= 0.3 is 0 Å². The van der Waals surface area contributed by atoms with Crippen molar-refractivity contribution >= 4 is 71.7 Å². The molecule has 4 aromatic carbocycles. The zero-order valence-corrected chi connectivity index (χ0v) is 19.7. The normalized spacial score (nSPS) is 11.0. The van der Waals surface area contributed by atoms with Crippen LogP contribution < -0.4 is 4.90 Å². The van der Waals surface area contributed by atoms with Crippen LogP contribution in [0.3, 0.4) is 0 Å². The van der Waals surface area contributed by atoms with Gasteiger partial charge in [0.1, 0.15) is 11.0 Å². The zero-order chi connectivity index (χ0) is 20.5. The monoisotopic (exact) mass is 535 g/mol. The third kappa shape index (κ3) is 3.78. The minimum absolute atomic E-state index is 0.938. The highest BCUT2D eigenvalue weighted by molar-refractivity contribution is 9.10. The molecule has 0 N–H and O–H groups in total. The molecule has 0 aliphatic heterocycles. The Balaban J connectivity index is 1.58. The Labute approximate surface area is 195 Å². The van der Waals surface area contributed by atoms with Gasteiger partial charge in [0.2, 0.25) is 0 Å². The first-order chi connectivity index (χ1) is 14.7. The smallest absolute Gasteiger partial charge is 0.112 e. The van der Waals surface area contributed by atoms with Crippen molar-refractivity contribution < 1.29 is 0 Å². The van der Waals surface area contributed by atoms with E-state index in [9.17, 15) is 0 Å². The van der Waals surface area contributed by atoms with E-state index in [-0.39, 0.29) is 0 Å². The molecular weight excluding hydrogens is 522 g/mol. The number of halogens is 2. The molecule has 0 radical (unpaired) electrons. The van der Waals surface area contributed by atoms with Crippen molar-refractivity contribution in [1.29, 1.82) is 0 Å². The van der Waals surface area contributed by atoms with Crippen molar-refractivity contribution in [2.75, 3.05) is 4.90 Å². The highest BCUT2D eigenvalue weighted by atomic mass is 79.9. The van der Waals surface area contributed by atoms with E-state index in [0.29, 0.717) is 0 Å². The fourth-order valence-electron chi connectivity index (χ4n) is 3.46. The lowest BCUT2D eigenvalue weighted by Crippen LogP contribution is -2.09. The Bertz CT molecular complexity index is 1250. The van der Waals surface area contributed by atoms with Crippen molar-refractivity contribution in [2.24, 2.45) is 0 Å². The number of rotatable bonds is 4. The summed E-state index contributed by atoms with van der Waals surface area (Å²) in [6.45, 7) is 0. The largest absolute Gasteiger partial charge is 0.311 e. The van der Waals surface area contributed by atoms with Gasteiger partial charge in [-0.05, 0) is 72.3 Å². The molecule has 0 unspecified atom stereocenters. The Kier molecular flexibility index (Phi) is 5.37. The topological polar surface area (TPSA) is 29.0 Å². The molecule has 0 saturated heterocycles. The lowest BCUT2D eigenvalue weighted by Gasteiger charge is -2.25. The van der Waals surface area contributed by atoms with Crippen molar-refractivity contribution in [2.45, 2.75) is 0 Å². The third-order valence-corrected chi connectivity index (χ3v) is 6.49. The van der Waals surface area contributed by atoms with Gasteiger partial charge in [0.15, 0.2) is 0 Å². The third-order valence-electron chi connectivity index (χ3n) is 4.89. The standard InChI is InChI=1S/C24H15Br2N3S/c25-17-6-12-20(13-7-17)29(21-14-8-18(26)9-15-21)19-10-4-16(5-11-19)22-2-1-3-23-24(22)28-30-27-23/h1-15H. The maximum absolute atomic E-state index is 4.48. The maximum Gasteiger partial charge on any atom is 0.112 e. The number of anilines is 3. The number of aromatic nitrogens is 2. The van der Waals surface area contributed by atoms with Gasteiger partial charge in [-0.2, -0.15) is 8.75 Å². The molecular formula is C24H15Br2N3S. The van der Waals surface area contributed by atoms with Gasteiger partial charge in [-0.15, -0.1) is 0 Å². The molecule has 1 heterocycles. The first kappa shape index (κ1) is 19.4. The molecule has 0 bridgehead atoms. The van der Waals surface area contributed by atoms with E-state index in [4.69, 9.17) is 0 Å². The molecule has 0 spiro atoms. The molecule has 0 aliphatic rings. The highest BCUT2D eigenvalue weighted by Gasteiger charge is 2.13. The fourth-order valence-corrected chi connectivity index (χ4v) is 4.54. The molecule has 1 aromatic heterocycles. The molecule has 0 amide bonds.